The second-order valence-corrected chi connectivity index (χ2v) is 6.50. The summed E-state index contributed by atoms with van der Waals surface area (Å²) < 4.78 is 11.6. The molecule has 0 spiro atoms. The van der Waals surface area contributed by atoms with E-state index >= 15 is 0 Å². The van der Waals surface area contributed by atoms with E-state index in [2.05, 4.69) is 21.2 Å². The van der Waals surface area contributed by atoms with E-state index in [9.17, 15) is 4.79 Å². The number of morpholine rings is 1. The average molecular weight is 393 g/mol. The van der Waals surface area contributed by atoms with Gasteiger partial charge >= 0.3 is 0 Å². The summed E-state index contributed by atoms with van der Waals surface area (Å²) >= 11 is 9.35. The zero-order valence-electron chi connectivity index (χ0n) is 12.4. The molecule has 1 amide bonds. The minimum Gasteiger partial charge on any atom is -0.482 e. The van der Waals surface area contributed by atoms with Gasteiger partial charge in [-0.25, -0.2) is 0 Å². The first-order valence-electron chi connectivity index (χ1n) is 7.41. The second kappa shape index (κ2) is 9.35. The highest BCUT2D eigenvalue weighted by Gasteiger charge is 2.13. The quantitative estimate of drug-likeness (QED) is 0.678. The summed E-state index contributed by atoms with van der Waals surface area (Å²) in [5.41, 5.74) is 0. The van der Waals surface area contributed by atoms with Gasteiger partial charge in [-0.15, -0.1) is 0 Å². The molecule has 5 nitrogen and oxygen atoms in total. The van der Waals surface area contributed by atoms with Crippen LogP contribution in [0.3, 0.4) is 0 Å². The van der Waals surface area contributed by atoms with E-state index in [4.69, 9.17) is 21.1 Å². The molecule has 0 unspecified atom stereocenters. The van der Waals surface area contributed by atoms with Gasteiger partial charge in [-0.1, -0.05) is 27.5 Å². The van der Waals surface area contributed by atoms with Crippen molar-refractivity contribution < 1.29 is 19.2 Å². The zero-order chi connectivity index (χ0) is 15.8. The van der Waals surface area contributed by atoms with Crippen LogP contribution >= 0.6 is 27.5 Å². The number of carbonyl (C=O) groups excluding carboxylic acids is 1. The predicted octanol–water partition coefficient (Wildman–Crippen LogP) is 0.903. The fourth-order valence-corrected chi connectivity index (χ4v) is 2.99. The Morgan fingerprint density at radius 3 is 2.91 bits per heavy atom. The van der Waals surface area contributed by atoms with Crippen molar-refractivity contribution in [2.75, 3.05) is 46.0 Å². The number of benzene rings is 1. The molecule has 0 aliphatic carbocycles. The monoisotopic (exact) mass is 391 g/mol. The van der Waals surface area contributed by atoms with Gasteiger partial charge in [0.1, 0.15) is 18.8 Å². The SMILES string of the molecule is O=C(COc1ccc(Br)cc1Cl)NCCC[NH+]1CCOCC1. The number of nitrogens with one attached hydrogen (secondary N) is 2. The lowest BCUT2D eigenvalue weighted by Crippen LogP contribution is -3.14. The maximum atomic E-state index is 11.7. The number of ether oxygens (including phenoxy) is 2. The smallest absolute Gasteiger partial charge is 0.257 e. The first-order valence-corrected chi connectivity index (χ1v) is 8.58. The fraction of sp³-hybridized carbons (Fsp3) is 0.533. The Morgan fingerprint density at radius 2 is 2.18 bits per heavy atom. The van der Waals surface area contributed by atoms with E-state index in [0.717, 1.165) is 43.7 Å². The molecule has 1 heterocycles. The molecule has 1 aromatic carbocycles. The molecule has 0 radical (unpaired) electrons. The van der Waals surface area contributed by atoms with Crippen LogP contribution in [0.4, 0.5) is 0 Å². The van der Waals surface area contributed by atoms with Crippen molar-refractivity contribution in [3.8, 4) is 5.75 Å². The van der Waals surface area contributed by atoms with E-state index in [0.29, 0.717) is 17.3 Å². The van der Waals surface area contributed by atoms with Crippen molar-refractivity contribution in [1.29, 1.82) is 0 Å². The molecular formula is C15H21BrClN2O3+. The Hall–Kier alpha value is -0.820. The van der Waals surface area contributed by atoms with Crippen LogP contribution in [0.25, 0.3) is 0 Å². The van der Waals surface area contributed by atoms with Crippen LogP contribution in [0.15, 0.2) is 22.7 Å². The molecule has 22 heavy (non-hydrogen) atoms. The van der Waals surface area contributed by atoms with Crippen molar-refractivity contribution in [2.24, 2.45) is 0 Å². The first kappa shape index (κ1) is 17.5. The van der Waals surface area contributed by atoms with Gasteiger partial charge in [0.2, 0.25) is 0 Å². The fourth-order valence-electron chi connectivity index (χ4n) is 2.26. The lowest BCUT2D eigenvalue weighted by Gasteiger charge is -2.23. The maximum Gasteiger partial charge on any atom is 0.257 e. The van der Waals surface area contributed by atoms with Crippen molar-refractivity contribution in [2.45, 2.75) is 6.42 Å². The molecule has 122 valence electrons. The summed E-state index contributed by atoms with van der Waals surface area (Å²) in [4.78, 5) is 13.3. The van der Waals surface area contributed by atoms with Gasteiger partial charge in [-0.3, -0.25) is 4.79 Å². The molecule has 2 N–H and O–H groups in total. The van der Waals surface area contributed by atoms with E-state index < -0.39 is 0 Å². The van der Waals surface area contributed by atoms with E-state index in [1.54, 1.807) is 17.0 Å². The normalized spacial score (nSPS) is 15.5. The highest BCUT2D eigenvalue weighted by molar-refractivity contribution is 9.10. The van der Waals surface area contributed by atoms with Crippen LogP contribution in [0.5, 0.6) is 5.75 Å². The summed E-state index contributed by atoms with van der Waals surface area (Å²) in [5.74, 6) is 0.383. The van der Waals surface area contributed by atoms with E-state index in [-0.39, 0.29) is 12.5 Å². The molecular weight excluding hydrogens is 372 g/mol. The third-order valence-electron chi connectivity index (χ3n) is 3.48. The molecule has 1 saturated heterocycles. The van der Waals surface area contributed by atoms with Crippen LogP contribution in [0.2, 0.25) is 5.02 Å². The summed E-state index contributed by atoms with van der Waals surface area (Å²) in [6, 6.07) is 5.30. The molecule has 1 fully saturated rings. The Balaban J connectivity index is 1.59. The number of hydrogen-bond acceptors (Lipinski definition) is 3. The van der Waals surface area contributed by atoms with Crippen molar-refractivity contribution >= 4 is 33.4 Å². The van der Waals surface area contributed by atoms with Gasteiger partial charge in [0, 0.05) is 17.4 Å². The first-order chi connectivity index (χ1) is 10.6. The van der Waals surface area contributed by atoms with Crippen LogP contribution in [-0.4, -0.2) is 51.9 Å². The number of hydrogen-bond donors (Lipinski definition) is 2. The molecule has 0 saturated carbocycles. The number of rotatable bonds is 7. The molecule has 1 aliphatic rings. The maximum absolute atomic E-state index is 11.7. The molecule has 2 rings (SSSR count). The Kier molecular flexibility index (Phi) is 7.45. The summed E-state index contributed by atoms with van der Waals surface area (Å²) in [7, 11) is 0. The molecule has 7 heteroatoms. The standard InChI is InChI=1S/C15H20BrClN2O3/c16-12-2-3-14(13(17)10-12)22-11-15(20)18-4-1-5-19-6-8-21-9-7-19/h2-3,10H,1,4-9,11H2,(H,18,20)/p+1. The Bertz CT molecular complexity index is 496. The lowest BCUT2D eigenvalue weighted by molar-refractivity contribution is -0.908. The average Bonchev–Trinajstić information content (AvgIpc) is 2.52. The molecule has 0 atom stereocenters. The lowest BCUT2D eigenvalue weighted by atomic mass is 10.3. The minimum absolute atomic E-state index is 0.0221. The topological polar surface area (TPSA) is 52.0 Å². The molecule has 0 aromatic heterocycles. The van der Waals surface area contributed by atoms with Crippen LogP contribution in [0.1, 0.15) is 6.42 Å². The van der Waals surface area contributed by atoms with Crippen molar-refractivity contribution in [3.05, 3.63) is 27.7 Å². The molecule has 1 aromatic rings. The summed E-state index contributed by atoms with van der Waals surface area (Å²) in [5, 5.41) is 3.35. The Labute approximate surface area is 144 Å². The summed E-state index contributed by atoms with van der Waals surface area (Å²) in [6.45, 7) is 5.49. The molecule has 0 bridgehead atoms. The number of amides is 1. The van der Waals surface area contributed by atoms with Gasteiger partial charge in [0.05, 0.1) is 24.8 Å². The highest BCUT2D eigenvalue weighted by Crippen LogP contribution is 2.27. The largest absolute Gasteiger partial charge is 0.482 e. The van der Waals surface area contributed by atoms with Gasteiger partial charge in [-0.2, -0.15) is 0 Å². The predicted molar refractivity (Wildman–Crippen MR) is 88.7 cm³/mol. The van der Waals surface area contributed by atoms with E-state index in [1.165, 1.54) is 0 Å². The van der Waals surface area contributed by atoms with Gasteiger partial charge in [0.25, 0.3) is 5.91 Å². The summed E-state index contributed by atoms with van der Waals surface area (Å²) in [6.07, 6.45) is 0.958. The minimum atomic E-state index is -0.129. The van der Waals surface area contributed by atoms with Crippen LogP contribution in [0, 0.1) is 0 Å². The number of carbonyl (C=O) groups is 1. The third-order valence-corrected chi connectivity index (χ3v) is 4.27. The van der Waals surface area contributed by atoms with Crippen LogP contribution in [-0.2, 0) is 9.53 Å². The number of halogens is 2. The zero-order valence-corrected chi connectivity index (χ0v) is 14.7. The van der Waals surface area contributed by atoms with Crippen molar-refractivity contribution in [3.63, 3.8) is 0 Å². The third kappa shape index (κ3) is 6.12. The van der Waals surface area contributed by atoms with Crippen LogP contribution < -0.4 is 15.0 Å². The highest BCUT2D eigenvalue weighted by atomic mass is 79.9. The van der Waals surface area contributed by atoms with Gasteiger partial charge in [0.15, 0.2) is 6.61 Å². The van der Waals surface area contributed by atoms with E-state index in [1.807, 2.05) is 6.07 Å². The van der Waals surface area contributed by atoms with Gasteiger partial charge < -0.3 is 19.7 Å². The Morgan fingerprint density at radius 1 is 1.41 bits per heavy atom. The molecule has 1 aliphatic heterocycles. The second-order valence-electron chi connectivity index (χ2n) is 5.18. The number of quaternary nitrogens is 1. The van der Waals surface area contributed by atoms with Crippen molar-refractivity contribution in [1.82, 2.24) is 5.32 Å². The van der Waals surface area contributed by atoms with Gasteiger partial charge in [-0.05, 0) is 18.2 Å².